The standard InChI is InChI=1S/C14H19N3O8/c1-24-10-4-3-9(17(22)23)13(14(10)25-2)8(15)5-16(6-11(18)19)7-12(20)21/h3-4,8H,5-7,15H2,1-2H3,(H,18,19)(H,20,21). The molecule has 1 unspecified atom stereocenters. The summed E-state index contributed by atoms with van der Waals surface area (Å²) < 4.78 is 10.3. The molecule has 0 aliphatic rings. The number of nitro benzene ring substituents is 1. The highest BCUT2D eigenvalue weighted by Gasteiger charge is 2.29. The van der Waals surface area contributed by atoms with Crippen molar-refractivity contribution in [2.75, 3.05) is 33.9 Å². The molecular formula is C14H19N3O8. The van der Waals surface area contributed by atoms with Crippen LogP contribution in [0, 0.1) is 10.1 Å². The van der Waals surface area contributed by atoms with Gasteiger partial charge < -0.3 is 25.4 Å². The Balaban J connectivity index is 3.28. The highest BCUT2D eigenvalue weighted by Crippen LogP contribution is 2.40. The summed E-state index contributed by atoms with van der Waals surface area (Å²) in [6.45, 7) is -1.41. The van der Waals surface area contributed by atoms with Crippen LogP contribution in [0.15, 0.2) is 12.1 Å². The van der Waals surface area contributed by atoms with E-state index in [-0.39, 0.29) is 29.3 Å². The Bertz CT molecular complexity index is 648. The summed E-state index contributed by atoms with van der Waals surface area (Å²) in [4.78, 5) is 33.4. The third kappa shape index (κ3) is 5.29. The van der Waals surface area contributed by atoms with Crippen LogP contribution in [0.25, 0.3) is 0 Å². The van der Waals surface area contributed by atoms with Gasteiger partial charge in [0.1, 0.15) is 0 Å². The van der Waals surface area contributed by atoms with Crippen LogP contribution in [0.1, 0.15) is 11.6 Å². The van der Waals surface area contributed by atoms with E-state index in [9.17, 15) is 19.7 Å². The minimum Gasteiger partial charge on any atom is -0.493 e. The van der Waals surface area contributed by atoms with Gasteiger partial charge in [0.15, 0.2) is 11.5 Å². The SMILES string of the molecule is COc1ccc([N+](=O)[O-])c(C(N)CN(CC(=O)O)CC(=O)O)c1OC. The van der Waals surface area contributed by atoms with Gasteiger partial charge in [-0.3, -0.25) is 24.6 Å². The van der Waals surface area contributed by atoms with Gasteiger partial charge in [0.25, 0.3) is 5.69 Å². The van der Waals surface area contributed by atoms with Gasteiger partial charge in [-0.05, 0) is 6.07 Å². The molecule has 4 N–H and O–H groups in total. The van der Waals surface area contributed by atoms with Crippen molar-refractivity contribution in [2.45, 2.75) is 6.04 Å². The third-order valence-corrected chi connectivity index (χ3v) is 3.30. The molecule has 1 aromatic rings. The van der Waals surface area contributed by atoms with E-state index >= 15 is 0 Å². The molecule has 0 saturated heterocycles. The number of rotatable bonds is 10. The van der Waals surface area contributed by atoms with Gasteiger partial charge in [0.2, 0.25) is 0 Å². The topological polar surface area (TPSA) is 165 Å². The molecule has 0 saturated carbocycles. The average molecular weight is 357 g/mol. The van der Waals surface area contributed by atoms with E-state index in [4.69, 9.17) is 25.4 Å². The summed E-state index contributed by atoms with van der Waals surface area (Å²) in [5, 5.41) is 29.0. The van der Waals surface area contributed by atoms with Crippen molar-refractivity contribution >= 4 is 17.6 Å². The normalized spacial score (nSPS) is 11.8. The zero-order valence-electron chi connectivity index (χ0n) is 13.7. The minimum atomic E-state index is -1.25. The lowest BCUT2D eigenvalue weighted by molar-refractivity contribution is -0.385. The quantitative estimate of drug-likeness (QED) is 0.385. The first-order chi connectivity index (χ1) is 11.7. The highest BCUT2D eigenvalue weighted by molar-refractivity contribution is 5.72. The predicted octanol–water partition coefficient (Wildman–Crippen LogP) is 0.0830. The predicted molar refractivity (Wildman–Crippen MR) is 84.8 cm³/mol. The fraction of sp³-hybridized carbons (Fsp3) is 0.429. The Morgan fingerprint density at radius 3 is 2.20 bits per heavy atom. The molecule has 0 bridgehead atoms. The molecule has 11 heteroatoms. The maximum absolute atomic E-state index is 11.3. The lowest BCUT2D eigenvalue weighted by Gasteiger charge is -2.24. The van der Waals surface area contributed by atoms with E-state index in [2.05, 4.69) is 0 Å². The first kappa shape index (κ1) is 20.1. The molecule has 0 heterocycles. The van der Waals surface area contributed by atoms with Crippen molar-refractivity contribution in [1.82, 2.24) is 4.90 Å². The van der Waals surface area contributed by atoms with Gasteiger partial charge in [-0.2, -0.15) is 0 Å². The summed E-state index contributed by atoms with van der Waals surface area (Å²) in [5.74, 6) is -2.25. The van der Waals surface area contributed by atoms with Crippen LogP contribution >= 0.6 is 0 Å². The second-order valence-electron chi connectivity index (χ2n) is 5.05. The molecule has 0 aromatic heterocycles. The molecular weight excluding hydrogens is 338 g/mol. The molecule has 1 rings (SSSR count). The Morgan fingerprint density at radius 1 is 1.24 bits per heavy atom. The summed E-state index contributed by atoms with van der Waals surface area (Å²) in [5.41, 5.74) is 5.67. The first-order valence-electron chi connectivity index (χ1n) is 7.02. The zero-order chi connectivity index (χ0) is 19.1. The Hall–Kier alpha value is -2.92. The van der Waals surface area contributed by atoms with Crippen molar-refractivity contribution in [2.24, 2.45) is 5.73 Å². The smallest absolute Gasteiger partial charge is 0.317 e. The first-order valence-corrected chi connectivity index (χ1v) is 7.02. The number of aliphatic carboxylic acids is 2. The minimum absolute atomic E-state index is 0.00683. The zero-order valence-corrected chi connectivity index (χ0v) is 13.7. The molecule has 138 valence electrons. The third-order valence-electron chi connectivity index (χ3n) is 3.30. The van der Waals surface area contributed by atoms with Gasteiger partial charge in [-0.15, -0.1) is 0 Å². The van der Waals surface area contributed by atoms with Crippen LogP contribution < -0.4 is 15.2 Å². The Labute approximate surface area is 142 Å². The van der Waals surface area contributed by atoms with Crippen LogP contribution in [0.3, 0.4) is 0 Å². The lowest BCUT2D eigenvalue weighted by Crippen LogP contribution is -2.39. The molecule has 25 heavy (non-hydrogen) atoms. The Morgan fingerprint density at radius 2 is 1.80 bits per heavy atom. The van der Waals surface area contributed by atoms with Crippen molar-refractivity contribution in [3.05, 3.63) is 27.8 Å². The van der Waals surface area contributed by atoms with E-state index in [0.717, 1.165) is 4.90 Å². The number of nitro groups is 1. The number of hydrogen-bond acceptors (Lipinski definition) is 8. The monoisotopic (exact) mass is 357 g/mol. The van der Waals surface area contributed by atoms with Crippen LogP contribution in [-0.2, 0) is 9.59 Å². The molecule has 11 nitrogen and oxygen atoms in total. The number of hydrogen-bond donors (Lipinski definition) is 3. The molecule has 0 fully saturated rings. The van der Waals surface area contributed by atoms with E-state index in [1.165, 1.54) is 26.4 Å². The lowest BCUT2D eigenvalue weighted by atomic mass is 10.0. The van der Waals surface area contributed by atoms with Crippen LogP contribution in [0.2, 0.25) is 0 Å². The fourth-order valence-corrected chi connectivity index (χ4v) is 2.39. The van der Waals surface area contributed by atoms with E-state index < -0.39 is 36.0 Å². The van der Waals surface area contributed by atoms with Crippen molar-refractivity contribution in [1.29, 1.82) is 0 Å². The van der Waals surface area contributed by atoms with E-state index in [1.807, 2.05) is 0 Å². The summed E-state index contributed by atoms with van der Waals surface area (Å²) >= 11 is 0. The van der Waals surface area contributed by atoms with Crippen LogP contribution in [0.4, 0.5) is 5.69 Å². The summed E-state index contributed by atoms with van der Waals surface area (Å²) in [7, 11) is 2.63. The molecule has 0 amide bonds. The number of methoxy groups -OCH3 is 2. The molecule has 1 aromatic carbocycles. The fourth-order valence-electron chi connectivity index (χ4n) is 2.39. The number of carboxylic acids is 2. The second kappa shape index (κ2) is 8.80. The average Bonchev–Trinajstić information content (AvgIpc) is 2.51. The van der Waals surface area contributed by atoms with Crippen LogP contribution in [-0.4, -0.2) is 65.8 Å². The molecule has 0 aliphatic carbocycles. The number of ether oxygens (including phenoxy) is 2. The Kier molecular flexibility index (Phi) is 7.08. The van der Waals surface area contributed by atoms with Gasteiger partial charge in [0, 0.05) is 12.6 Å². The van der Waals surface area contributed by atoms with Crippen molar-refractivity contribution in [3.8, 4) is 11.5 Å². The summed E-state index contributed by atoms with van der Waals surface area (Å²) in [6.07, 6.45) is 0. The molecule has 0 radical (unpaired) electrons. The number of carbonyl (C=O) groups is 2. The van der Waals surface area contributed by atoms with Gasteiger partial charge in [-0.25, -0.2) is 0 Å². The molecule has 0 aliphatic heterocycles. The highest BCUT2D eigenvalue weighted by atomic mass is 16.6. The maximum Gasteiger partial charge on any atom is 0.317 e. The maximum atomic E-state index is 11.3. The molecule has 1 atom stereocenters. The van der Waals surface area contributed by atoms with Gasteiger partial charge in [0.05, 0.1) is 43.8 Å². The number of nitrogens with zero attached hydrogens (tertiary/aromatic N) is 2. The van der Waals surface area contributed by atoms with E-state index in [0.29, 0.717) is 0 Å². The van der Waals surface area contributed by atoms with E-state index in [1.54, 1.807) is 0 Å². The van der Waals surface area contributed by atoms with Crippen molar-refractivity contribution < 1.29 is 34.2 Å². The van der Waals surface area contributed by atoms with Crippen LogP contribution in [0.5, 0.6) is 11.5 Å². The van der Waals surface area contributed by atoms with Crippen molar-refractivity contribution in [3.63, 3.8) is 0 Å². The molecule has 0 spiro atoms. The second-order valence-corrected chi connectivity index (χ2v) is 5.05. The number of benzene rings is 1. The van der Waals surface area contributed by atoms with Gasteiger partial charge >= 0.3 is 11.9 Å². The summed E-state index contributed by atoms with van der Waals surface area (Å²) in [6, 6.07) is 1.46. The largest absolute Gasteiger partial charge is 0.493 e. The number of nitrogens with two attached hydrogens (primary N) is 1. The number of carboxylic acid groups (broad SMARTS) is 2. The van der Waals surface area contributed by atoms with Gasteiger partial charge in [-0.1, -0.05) is 0 Å².